The van der Waals surface area contributed by atoms with Gasteiger partial charge in [-0.2, -0.15) is 5.26 Å². The van der Waals surface area contributed by atoms with Crippen LogP contribution in [0, 0.1) is 23.2 Å². The molecule has 55 valence electrons. The highest BCUT2D eigenvalue weighted by Crippen LogP contribution is 2.07. The summed E-state index contributed by atoms with van der Waals surface area (Å²) in [4.78, 5) is 0. The van der Waals surface area contributed by atoms with E-state index >= 15 is 0 Å². The third-order valence-corrected chi connectivity index (χ3v) is 1.40. The van der Waals surface area contributed by atoms with Crippen LogP contribution in [0.5, 0.6) is 0 Å². The Bertz CT molecular complexity index is 275. The zero-order valence-electron chi connectivity index (χ0n) is 5.97. The van der Waals surface area contributed by atoms with E-state index < -0.39 is 0 Å². The molecule has 0 bridgehead atoms. The number of rotatable bonds is 2. The van der Waals surface area contributed by atoms with Gasteiger partial charge < -0.3 is 0 Å². The molecule has 0 amide bonds. The fourth-order valence-corrected chi connectivity index (χ4v) is 0.836. The van der Waals surface area contributed by atoms with Crippen LogP contribution in [0.15, 0.2) is 18.2 Å². The van der Waals surface area contributed by atoms with Crippen LogP contribution in [0.3, 0.4) is 0 Å². The van der Waals surface area contributed by atoms with Gasteiger partial charge in [-0.05, 0) is 24.1 Å². The normalized spacial score (nSPS) is 9.09. The standard InChI is InChI=1S/C9H7FN/c10-9-6-2-1-4-8(9)5-3-7-11/h1,4,6H,3,5H2. The molecule has 1 radical (unpaired) electrons. The van der Waals surface area contributed by atoms with Gasteiger partial charge in [-0.1, -0.05) is 12.1 Å². The van der Waals surface area contributed by atoms with E-state index in [1.807, 2.05) is 6.07 Å². The molecule has 0 heterocycles. The highest BCUT2D eigenvalue weighted by Gasteiger charge is 1.98. The Morgan fingerprint density at radius 1 is 1.64 bits per heavy atom. The van der Waals surface area contributed by atoms with Crippen molar-refractivity contribution in [3.05, 3.63) is 35.6 Å². The van der Waals surface area contributed by atoms with Crippen molar-refractivity contribution in [1.82, 2.24) is 0 Å². The van der Waals surface area contributed by atoms with E-state index in [0.717, 1.165) is 0 Å². The summed E-state index contributed by atoms with van der Waals surface area (Å²) in [5, 5.41) is 8.24. The molecule has 11 heavy (non-hydrogen) atoms. The first-order valence-electron chi connectivity index (χ1n) is 3.36. The second kappa shape index (κ2) is 3.72. The maximum absolute atomic E-state index is 12.8. The third kappa shape index (κ3) is 2.05. The van der Waals surface area contributed by atoms with Gasteiger partial charge in [-0.15, -0.1) is 0 Å². The predicted octanol–water partition coefficient (Wildman–Crippen LogP) is 2.08. The highest BCUT2D eigenvalue weighted by molar-refractivity contribution is 5.17. The zero-order chi connectivity index (χ0) is 8.10. The van der Waals surface area contributed by atoms with E-state index in [-0.39, 0.29) is 5.82 Å². The molecule has 1 aromatic rings. The molecule has 0 fully saturated rings. The van der Waals surface area contributed by atoms with Gasteiger partial charge in [-0.25, -0.2) is 4.39 Å². The Labute approximate surface area is 65.1 Å². The molecule has 0 aliphatic rings. The van der Waals surface area contributed by atoms with Crippen molar-refractivity contribution in [2.45, 2.75) is 12.8 Å². The predicted molar refractivity (Wildman–Crippen MR) is 39.2 cm³/mol. The first kappa shape index (κ1) is 7.74. The second-order valence-electron chi connectivity index (χ2n) is 2.18. The molecular weight excluding hydrogens is 141 g/mol. The first-order chi connectivity index (χ1) is 5.34. The molecule has 0 N–H and O–H groups in total. The summed E-state index contributed by atoms with van der Waals surface area (Å²) in [6.07, 6.45) is 0.845. The molecule has 0 aromatic heterocycles. The average Bonchev–Trinajstić information content (AvgIpc) is 2.03. The van der Waals surface area contributed by atoms with Crippen LogP contribution in [0.2, 0.25) is 0 Å². The van der Waals surface area contributed by atoms with E-state index in [9.17, 15) is 4.39 Å². The molecule has 1 rings (SSSR count). The molecule has 1 nitrogen and oxygen atoms in total. The number of hydrogen-bond acceptors (Lipinski definition) is 1. The van der Waals surface area contributed by atoms with Crippen LogP contribution >= 0.6 is 0 Å². The Morgan fingerprint density at radius 3 is 3.09 bits per heavy atom. The minimum atomic E-state index is -0.275. The van der Waals surface area contributed by atoms with E-state index in [0.29, 0.717) is 18.4 Å². The summed E-state index contributed by atoms with van der Waals surface area (Å²) in [5.74, 6) is -0.275. The molecule has 2 heteroatoms. The first-order valence-corrected chi connectivity index (χ1v) is 3.36. The summed E-state index contributed by atoms with van der Waals surface area (Å²) < 4.78 is 12.8. The van der Waals surface area contributed by atoms with Crippen LogP contribution in [-0.2, 0) is 6.42 Å². The Hall–Kier alpha value is -1.36. The zero-order valence-corrected chi connectivity index (χ0v) is 5.97. The van der Waals surface area contributed by atoms with Crippen molar-refractivity contribution >= 4 is 0 Å². The van der Waals surface area contributed by atoms with Crippen molar-refractivity contribution in [1.29, 1.82) is 5.26 Å². The molecule has 0 aliphatic carbocycles. The Kier molecular flexibility index (Phi) is 2.62. The number of halogens is 1. The van der Waals surface area contributed by atoms with Crippen molar-refractivity contribution < 1.29 is 4.39 Å². The van der Waals surface area contributed by atoms with Crippen molar-refractivity contribution in [2.24, 2.45) is 0 Å². The van der Waals surface area contributed by atoms with Crippen molar-refractivity contribution in [3.63, 3.8) is 0 Å². The molecule has 0 saturated carbocycles. The topological polar surface area (TPSA) is 23.8 Å². The lowest BCUT2D eigenvalue weighted by Crippen LogP contribution is -1.88. The fourth-order valence-electron chi connectivity index (χ4n) is 0.836. The maximum Gasteiger partial charge on any atom is 0.127 e. The van der Waals surface area contributed by atoms with Gasteiger partial charge in [-0.3, -0.25) is 0 Å². The highest BCUT2D eigenvalue weighted by atomic mass is 19.1. The van der Waals surface area contributed by atoms with Crippen LogP contribution in [0.25, 0.3) is 0 Å². The largest absolute Gasteiger partial charge is 0.207 e. The van der Waals surface area contributed by atoms with Crippen LogP contribution in [0.1, 0.15) is 12.0 Å². The minimum absolute atomic E-state index is 0.275. The summed E-state index contributed by atoms with van der Waals surface area (Å²) >= 11 is 0. The molecule has 0 aliphatic heterocycles. The lowest BCUT2D eigenvalue weighted by molar-refractivity contribution is 0.609. The Balaban J connectivity index is 2.71. The smallest absolute Gasteiger partial charge is 0.127 e. The average molecular weight is 148 g/mol. The van der Waals surface area contributed by atoms with Gasteiger partial charge in [0.25, 0.3) is 0 Å². The lowest BCUT2D eigenvalue weighted by Gasteiger charge is -1.96. The number of nitriles is 1. The summed E-state index contributed by atoms with van der Waals surface area (Å²) in [6.45, 7) is 0. The van der Waals surface area contributed by atoms with Gasteiger partial charge >= 0.3 is 0 Å². The third-order valence-electron chi connectivity index (χ3n) is 1.40. The fraction of sp³-hybridized carbons (Fsp3) is 0.222. The van der Waals surface area contributed by atoms with E-state index in [2.05, 4.69) is 6.07 Å². The molecule has 1 aromatic carbocycles. The second-order valence-corrected chi connectivity index (χ2v) is 2.18. The van der Waals surface area contributed by atoms with Gasteiger partial charge in [0.15, 0.2) is 0 Å². The molecule has 0 unspecified atom stereocenters. The van der Waals surface area contributed by atoms with E-state index in [1.54, 1.807) is 12.1 Å². The number of nitrogens with zero attached hydrogens (tertiary/aromatic N) is 1. The molecular formula is C9H7FN. The number of benzene rings is 1. The van der Waals surface area contributed by atoms with Crippen LogP contribution in [-0.4, -0.2) is 0 Å². The summed E-state index contributed by atoms with van der Waals surface area (Å²) in [6, 6.07) is 9.16. The quantitative estimate of drug-likeness (QED) is 0.629. The SMILES string of the molecule is N#CCCc1cc[c]cc1F. The minimum Gasteiger partial charge on any atom is -0.207 e. The van der Waals surface area contributed by atoms with Crippen LogP contribution < -0.4 is 0 Å². The van der Waals surface area contributed by atoms with Gasteiger partial charge in [0.05, 0.1) is 6.07 Å². The molecule has 0 spiro atoms. The summed E-state index contributed by atoms with van der Waals surface area (Å²) in [7, 11) is 0. The number of hydrogen-bond donors (Lipinski definition) is 0. The van der Waals surface area contributed by atoms with Gasteiger partial charge in [0.1, 0.15) is 5.82 Å². The van der Waals surface area contributed by atoms with E-state index in [1.165, 1.54) is 6.07 Å². The molecule has 0 atom stereocenters. The van der Waals surface area contributed by atoms with Crippen LogP contribution in [0.4, 0.5) is 4.39 Å². The lowest BCUT2D eigenvalue weighted by atomic mass is 10.1. The maximum atomic E-state index is 12.8. The van der Waals surface area contributed by atoms with Crippen molar-refractivity contribution in [2.75, 3.05) is 0 Å². The van der Waals surface area contributed by atoms with Gasteiger partial charge in [0, 0.05) is 6.42 Å². The van der Waals surface area contributed by atoms with Crippen molar-refractivity contribution in [3.8, 4) is 6.07 Å². The van der Waals surface area contributed by atoms with Gasteiger partial charge in [0.2, 0.25) is 0 Å². The Morgan fingerprint density at radius 2 is 2.45 bits per heavy atom. The van der Waals surface area contributed by atoms with E-state index in [4.69, 9.17) is 5.26 Å². The number of aryl methyl sites for hydroxylation is 1. The monoisotopic (exact) mass is 148 g/mol. The summed E-state index contributed by atoms with van der Waals surface area (Å²) in [5.41, 5.74) is 0.588. The molecule has 0 saturated heterocycles.